The summed E-state index contributed by atoms with van der Waals surface area (Å²) in [6, 6.07) is 5.72. The molecule has 1 aromatic carbocycles. The van der Waals surface area contributed by atoms with E-state index in [2.05, 4.69) is 0 Å². The lowest BCUT2D eigenvalue weighted by molar-refractivity contribution is -0.128. The Labute approximate surface area is 110 Å². The van der Waals surface area contributed by atoms with Crippen LogP contribution in [0.15, 0.2) is 18.2 Å². The van der Waals surface area contributed by atoms with E-state index in [0.717, 1.165) is 4.90 Å². The average Bonchev–Trinajstić information content (AvgIpc) is 2.74. The minimum atomic E-state index is -0.748. The van der Waals surface area contributed by atoms with Gasteiger partial charge in [-0.25, -0.2) is 4.79 Å². The van der Waals surface area contributed by atoms with E-state index < -0.39 is 6.03 Å². The van der Waals surface area contributed by atoms with Gasteiger partial charge in [0, 0.05) is 12.5 Å². The minimum Gasteiger partial charge on any atom is -0.508 e. The maximum absolute atomic E-state index is 11.9. The third kappa shape index (κ3) is 2.50. The lowest BCUT2D eigenvalue weighted by atomic mass is 9.96. The molecule has 98 valence electrons. The summed E-state index contributed by atoms with van der Waals surface area (Å²) in [7, 11) is 0. The van der Waals surface area contributed by atoms with Gasteiger partial charge in [0.2, 0.25) is 5.91 Å². The van der Waals surface area contributed by atoms with Crippen LogP contribution in [0.1, 0.15) is 17.5 Å². The molecule has 1 saturated heterocycles. The van der Waals surface area contributed by atoms with Gasteiger partial charge in [0.1, 0.15) is 5.75 Å². The molecule has 1 atom stereocenters. The van der Waals surface area contributed by atoms with Crippen molar-refractivity contribution in [1.82, 2.24) is 4.90 Å². The van der Waals surface area contributed by atoms with Crippen LogP contribution in [0, 0.1) is 17.2 Å². The Balaban J connectivity index is 2.17. The number of amides is 3. The van der Waals surface area contributed by atoms with Crippen LogP contribution in [0.3, 0.4) is 0 Å². The normalized spacial score (nSPS) is 18.4. The first-order valence-electron chi connectivity index (χ1n) is 5.85. The van der Waals surface area contributed by atoms with Crippen molar-refractivity contribution in [3.63, 3.8) is 0 Å². The van der Waals surface area contributed by atoms with Crippen molar-refractivity contribution in [2.45, 2.75) is 12.8 Å². The fraction of sp³-hybridized carbons (Fsp3) is 0.308. The molecule has 3 N–H and O–H groups in total. The van der Waals surface area contributed by atoms with Gasteiger partial charge in [-0.3, -0.25) is 9.69 Å². The molecule has 1 aliphatic rings. The van der Waals surface area contributed by atoms with Gasteiger partial charge in [0.25, 0.3) is 0 Å². The lowest BCUT2D eigenvalue weighted by Gasteiger charge is -2.12. The lowest BCUT2D eigenvalue weighted by Crippen LogP contribution is -2.38. The number of phenolic OH excluding ortho intramolecular Hbond substituents is 1. The molecule has 0 bridgehead atoms. The van der Waals surface area contributed by atoms with E-state index in [4.69, 9.17) is 11.0 Å². The Bertz CT molecular complexity index is 577. The Hall–Kier alpha value is -2.55. The van der Waals surface area contributed by atoms with Gasteiger partial charge < -0.3 is 10.8 Å². The number of likely N-dealkylation sites (tertiary alicyclic amines) is 1. The highest BCUT2D eigenvalue weighted by molar-refractivity contribution is 5.96. The number of aromatic hydroxyl groups is 1. The summed E-state index contributed by atoms with van der Waals surface area (Å²) in [4.78, 5) is 23.9. The van der Waals surface area contributed by atoms with Crippen LogP contribution in [-0.2, 0) is 11.2 Å². The number of phenols is 1. The molecule has 0 radical (unpaired) electrons. The number of nitriles is 1. The molecule has 2 rings (SSSR count). The molecule has 6 heteroatoms. The first-order valence-corrected chi connectivity index (χ1v) is 5.85. The number of carbonyl (C=O) groups excluding carboxylic acids is 2. The molecule has 1 aliphatic heterocycles. The number of benzene rings is 1. The minimum absolute atomic E-state index is 0.0457. The third-order valence-electron chi connectivity index (χ3n) is 3.26. The second kappa shape index (κ2) is 4.98. The van der Waals surface area contributed by atoms with Gasteiger partial charge in [-0.1, -0.05) is 0 Å². The maximum Gasteiger partial charge on any atom is 0.321 e. The van der Waals surface area contributed by atoms with Gasteiger partial charge in [-0.05, 0) is 36.6 Å². The first-order chi connectivity index (χ1) is 9.02. The molecule has 19 heavy (non-hydrogen) atoms. The summed E-state index contributed by atoms with van der Waals surface area (Å²) >= 11 is 0. The zero-order valence-corrected chi connectivity index (χ0v) is 10.2. The Kier molecular flexibility index (Phi) is 3.38. The van der Waals surface area contributed by atoms with Crippen LogP contribution in [0.2, 0.25) is 0 Å². The van der Waals surface area contributed by atoms with E-state index in [0.29, 0.717) is 30.5 Å². The number of nitrogens with zero attached hydrogens (tertiary/aromatic N) is 2. The molecule has 1 unspecified atom stereocenters. The molecule has 1 heterocycles. The van der Waals surface area contributed by atoms with E-state index >= 15 is 0 Å². The van der Waals surface area contributed by atoms with Gasteiger partial charge in [0.05, 0.1) is 11.6 Å². The van der Waals surface area contributed by atoms with Crippen molar-refractivity contribution in [3.05, 3.63) is 29.3 Å². The molecule has 0 aliphatic carbocycles. The van der Waals surface area contributed by atoms with E-state index in [9.17, 15) is 14.7 Å². The fourth-order valence-corrected chi connectivity index (χ4v) is 2.23. The summed E-state index contributed by atoms with van der Waals surface area (Å²) in [6.07, 6.45) is 0.808. The van der Waals surface area contributed by atoms with Crippen molar-refractivity contribution in [2.75, 3.05) is 6.54 Å². The quantitative estimate of drug-likeness (QED) is 0.816. The highest BCUT2D eigenvalue weighted by atomic mass is 16.3. The molecule has 0 saturated carbocycles. The van der Waals surface area contributed by atoms with Crippen LogP contribution in [-0.4, -0.2) is 28.5 Å². The second-order valence-corrected chi connectivity index (χ2v) is 4.47. The summed E-state index contributed by atoms with van der Waals surface area (Å²) in [5, 5.41) is 18.5. The largest absolute Gasteiger partial charge is 0.508 e. The number of urea groups is 1. The van der Waals surface area contributed by atoms with Crippen molar-refractivity contribution in [3.8, 4) is 11.8 Å². The van der Waals surface area contributed by atoms with Crippen molar-refractivity contribution in [2.24, 2.45) is 11.7 Å². The van der Waals surface area contributed by atoms with E-state index in [-0.39, 0.29) is 17.6 Å². The number of imide groups is 1. The standard InChI is InChI=1S/C13H13N3O3/c14-7-8-1-2-11(17)10(5-8)6-9-3-4-16(12(9)18)13(15)19/h1-2,5,9,17H,3-4,6H2,(H2,15,19). The van der Waals surface area contributed by atoms with Crippen LogP contribution in [0.5, 0.6) is 5.75 Å². The maximum atomic E-state index is 11.9. The molecular formula is C13H13N3O3. The molecular weight excluding hydrogens is 246 g/mol. The highest BCUT2D eigenvalue weighted by Crippen LogP contribution is 2.27. The number of carbonyl (C=O) groups is 2. The van der Waals surface area contributed by atoms with Gasteiger partial charge in [0.15, 0.2) is 0 Å². The zero-order valence-electron chi connectivity index (χ0n) is 10.2. The Morgan fingerprint density at radius 1 is 1.58 bits per heavy atom. The van der Waals surface area contributed by atoms with E-state index in [1.165, 1.54) is 12.1 Å². The Morgan fingerprint density at radius 3 is 2.89 bits per heavy atom. The molecule has 1 fully saturated rings. The van der Waals surface area contributed by atoms with E-state index in [1.54, 1.807) is 6.07 Å². The molecule has 1 aromatic rings. The first kappa shape index (κ1) is 12.9. The molecule has 0 aromatic heterocycles. The summed E-state index contributed by atoms with van der Waals surface area (Å²) < 4.78 is 0. The molecule has 0 spiro atoms. The van der Waals surface area contributed by atoms with Crippen LogP contribution in [0.25, 0.3) is 0 Å². The summed E-state index contributed by atoms with van der Waals surface area (Å²) in [5.41, 5.74) is 6.05. The SMILES string of the molecule is N#Cc1ccc(O)c(CC2CCN(C(N)=O)C2=O)c1. The molecule has 6 nitrogen and oxygen atoms in total. The second-order valence-electron chi connectivity index (χ2n) is 4.47. The summed E-state index contributed by atoms with van der Waals surface area (Å²) in [6.45, 7) is 0.303. The average molecular weight is 259 g/mol. The smallest absolute Gasteiger partial charge is 0.321 e. The predicted molar refractivity (Wildman–Crippen MR) is 65.9 cm³/mol. The van der Waals surface area contributed by atoms with Crippen molar-refractivity contribution in [1.29, 1.82) is 5.26 Å². The summed E-state index contributed by atoms with van der Waals surface area (Å²) in [5.74, 6) is -0.661. The third-order valence-corrected chi connectivity index (χ3v) is 3.26. The van der Waals surface area contributed by atoms with Crippen molar-refractivity contribution < 1.29 is 14.7 Å². The van der Waals surface area contributed by atoms with Gasteiger partial charge in [-0.15, -0.1) is 0 Å². The number of primary amides is 1. The number of nitrogens with two attached hydrogens (primary N) is 1. The van der Waals surface area contributed by atoms with Crippen LogP contribution in [0.4, 0.5) is 4.79 Å². The van der Waals surface area contributed by atoms with Gasteiger partial charge in [-0.2, -0.15) is 5.26 Å². The fourth-order valence-electron chi connectivity index (χ4n) is 2.23. The zero-order chi connectivity index (χ0) is 14.0. The number of hydrogen-bond acceptors (Lipinski definition) is 4. The number of rotatable bonds is 2. The van der Waals surface area contributed by atoms with Crippen LogP contribution < -0.4 is 5.73 Å². The highest BCUT2D eigenvalue weighted by Gasteiger charge is 2.34. The van der Waals surface area contributed by atoms with E-state index in [1.807, 2.05) is 6.07 Å². The topological polar surface area (TPSA) is 107 Å². The molecule has 3 amide bonds. The van der Waals surface area contributed by atoms with Crippen LogP contribution >= 0.6 is 0 Å². The monoisotopic (exact) mass is 259 g/mol. The van der Waals surface area contributed by atoms with Crippen molar-refractivity contribution >= 4 is 11.9 Å². The van der Waals surface area contributed by atoms with Gasteiger partial charge >= 0.3 is 6.03 Å². The predicted octanol–water partition coefficient (Wildman–Crippen LogP) is 0.734. The number of hydrogen-bond donors (Lipinski definition) is 2. The Morgan fingerprint density at radius 2 is 2.32 bits per heavy atom.